The lowest BCUT2D eigenvalue weighted by Crippen LogP contribution is -2.35. The summed E-state index contributed by atoms with van der Waals surface area (Å²) in [6, 6.07) is 7.00. The number of nitrogens with zero attached hydrogens (tertiary/aromatic N) is 3. The van der Waals surface area contributed by atoms with E-state index in [2.05, 4.69) is 27.1 Å². The minimum Gasteiger partial charge on any atom is -0.497 e. The zero-order chi connectivity index (χ0) is 19.4. The minimum absolute atomic E-state index is 0.307. The van der Waals surface area contributed by atoms with Crippen LogP contribution in [0.3, 0.4) is 0 Å². The molecule has 1 atom stereocenters. The van der Waals surface area contributed by atoms with Gasteiger partial charge in [0.25, 0.3) is 5.91 Å². The molecular weight excluding hydrogens is 344 g/mol. The summed E-state index contributed by atoms with van der Waals surface area (Å²) in [5.74, 6) is 2.88. The highest BCUT2D eigenvalue weighted by Crippen LogP contribution is 2.29. The molecule has 3 rings (SSSR count). The molecule has 27 heavy (non-hydrogen) atoms. The molecule has 1 aliphatic heterocycles. The molecule has 1 unspecified atom stereocenters. The Bertz CT molecular complexity index is 825. The lowest BCUT2D eigenvalue weighted by Gasteiger charge is -2.32. The van der Waals surface area contributed by atoms with Crippen molar-refractivity contribution in [1.29, 1.82) is 0 Å². The smallest absolute Gasteiger partial charge is 0.274 e. The number of benzene rings is 1. The standard InChI is InChI=1S/C20H26N4O3/c1-13-6-5-9-24(12-13)19-11-17(21-14(2)22-19)20(25)23-16-10-15(26-3)7-8-18(16)27-4/h7-8,10-11,13H,5-6,9,12H2,1-4H3,(H,23,25). The number of carbonyl (C=O) groups excluding carboxylic acids is 1. The van der Waals surface area contributed by atoms with Crippen molar-refractivity contribution in [1.82, 2.24) is 9.97 Å². The normalized spacial score (nSPS) is 16.7. The summed E-state index contributed by atoms with van der Waals surface area (Å²) in [6.45, 7) is 5.94. The molecule has 1 fully saturated rings. The first kappa shape index (κ1) is 18.9. The van der Waals surface area contributed by atoms with Gasteiger partial charge < -0.3 is 19.7 Å². The molecule has 2 aromatic rings. The van der Waals surface area contributed by atoms with Gasteiger partial charge in [-0.15, -0.1) is 0 Å². The van der Waals surface area contributed by atoms with Crippen molar-refractivity contribution in [3.05, 3.63) is 35.8 Å². The molecule has 0 radical (unpaired) electrons. The maximum atomic E-state index is 12.8. The maximum absolute atomic E-state index is 12.8. The summed E-state index contributed by atoms with van der Waals surface area (Å²) < 4.78 is 10.6. The van der Waals surface area contributed by atoms with Crippen LogP contribution in [0, 0.1) is 12.8 Å². The molecule has 1 aliphatic rings. The average molecular weight is 370 g/mol. The number of rotatable bonds is 5. The Morgan fingerprint density at radius 1 is 1.22 bits per heavy atom. The Morgan fingerprint density at radius 3 is 2.74 bits per heavy atom. The number of methoxy groups -OCH3 is 2. The molecule has 1 aromatic carbocycles. The highest BCUT2D eigenvalue weighted by Gasteiger charge is 2.20. The van der Waals surface area contributed by atoms with E-state index in [0.29, 0.717) is 34.6 Å². The molecule has 144 valence electrons. The van der Waals surface area contributed by atoms with Gasteiger partial charge in [-0.1, -0.05) is 6.92 Å². The fourth-order valence-corrected chi connectivity index (χ4v) is 3.33. The van der Waals surface area contributed by atoms with Crippen LogP contribution in [0.15, 0.2) is 24.3 Å². The van der Waals surface area contributed by atoms with E-state index in [1.54, 1.807) is 45.4 Å². The van der Waals surface area contributed by atoms with Crippen LogP contribution in [0.5, 0.6) is 11.5 Å². The van der Waals surface area contributed by atoms with E-state index in [4.69, 9.17) is 9.47 Å². The van der Waals surface area contributed by atoms with Crippen molar-refractivity contribution < 1.29 is 14.3 Å². The summed E-state index contributed by atoms with van der Waals surface area (Å²) in [5, 5.41) is 2.87. The van der Waals surface area contributed by atoms with Crippen LogP contribution >= 0.6 is 0 Å². The molecule has 0 aliphatic carbocycles. The molecule has 1 amide bonds. The molecule has 0 saturated carbocycles. The highest BCUT2D eigenvalue weighted by atomic mass is 16.5. The van der Waals surface area contributed by atoms with Crippen LogP contribution in [-0.2, 0) is 0 Å². The number of hydrogen-bond acceptors (Lipinski definition) is 6. The van der Waals surface area contributed by atoms with Crippen LogP contribution in [0.25, 0.3) is 0 Å². The monoisotopic (exact) mass is 370 g/mol. The fourth-order valence-electron chi connectivity index (χ4n) is 3.33. The quantitative estimate of drug-likeness (QED) is 0.870. The number of ether oxygens (including phenoxy) is 2. The lowest BCUT2D eigenvalue weighted by molar-refractivity contribution is 0.102. The van der Waals surface area contributed by atoms with Crippen molar-refractivity contribution in [2.75, 3.05) is 37.5 Å². The number of hydrogen-bond donors (Lipinski definition) is 1. The second kappa shape index (κ2) is 8.24. The van der Waals surface area contributed by atoms with E-state index >= 15 is 0 Å². The van der Waals surface area contributed by atoms with Gasteiger partial charge in [-0.25, -0.2) is 9.97 Å². The van der Waals surface area contributed by atoms with E-state index in [-0.39, 0.29) is 5.91 Å². The Hall–Kier alpha value is -2.83. The van der Waals surface area contributed by atoms with Crippen molar-refractivity contribution in [3.63, 3.8) is 0 Å². The lowest BCUT2D eigenvalue weighted by atomic mass is 10.0. The topological polar surface area (TPSA) is 76.6 Å². The summed E-state index contributed by atoms with van der Waals surface area (Å²) in [7, 11) is 3.13. The van der Waals surface area contributed by atoms with E-state index in [0.717, 1.165) is 25.3 Å². The number of aryl methyl sites for hydroxylation is 1. The number of carbonyl (C=O) groups is 1. The highest BCUT2D eigenvalue weighted by molar-refractivity contribution is 6.04. The Balaban J connectivity index is 1.85. The second-order valence-electron chi connectivity index (χ2n) is 6.87. The van der Waals surface area contributed by atoms with E-state index < -0.39 is 0 Å². The third kappa shape index (κ3) is 4.48. The maximum Gasteiger partial charge on any atom is 0.274 e. The Kier molecular flexibility index (Phi) is 5.78. The molecule has 1 saturated heterocycles. The largest absolute Gasteiger partial charge is 0.497 e. The van der Waals surface area contributed by atoms with Crippen LogP contribution in [0.4, 0.5) is 11.5 Å². The predicted molar refractivity (Wildman–Crippen MR) is 105 cm³/mol. The number of piperidine rings is 1. The average Bonchev–Trinajstić information content (AvgIpc) is 2.67. The third-order valence-electron chi connectivity index (χ3n) is 4.69. The summed E-state index contributed by atoms with van der Waals surface area (Å²) in [4.78, 5) is 23.9. The Morgan fingerprint density at radius 2 is 2.04 bits per heavy atom. The van der Waals surface area contributed by atoms with Gasteiger partial charge >= 0.3 is 0 Å². The molecule has 7 nitrogen and oxygen atoms in total. The van der Waals surface area contributed by atoms with Gasteiger partial charge in [0.15, 0.2) is 0 Å². The first-order valence-electron chi connectivity index (χ1n) is 9.14. The fraction of sp³-hybridized carbons (Fsp3) is 0.450. The van der Waals surface area contributed by atoms with E-state index in [1.807, 2.05) is 0 Å². The molecule has 1 N–H and O–H groups in total. The first-order chi connectivity index (χ1) is 13.0. The third-order valence-corrected chi connectivity index (χ3v) is 4.69. The van der Waals surface area contributed by atoms with Crippen LogP contribution < -0.4 is 19.7 Å². The summed E-state index contributed by atoms with van der Waals surface area (Å²) in [6.07, 6.45) is 2.36. The van der Waals surface area contributed by atoms with Gasteiger partial charge in [0.2, 0.25) is 0 Å². The van der Waals surface area contributed by atoms with Crippen molar-refractivity contribution in [2.45, 2.75) is 26.7 Å². The first-order valence-corrected chi connectivity index (χ1v) is 9.14. The van der Waals surface area contributed by atoms with Crippen molar-refractivity contribution >= 4 is 17.4 Å². The van der Waals surface area contributed by atoms with Gasteiger partial charge in [0, 0.05) is 25.2 Å². The zero-order valence-electron chi connectivity index (χ0n) is 16.3. The molecule has 0 spiro atoms. The Labute approximate surface area is 159 Å². The second-order valence-corrected chi connectivity index (χ2v) is 6.87. The molecule has 1 aromatic heterocycles. The van der Waals surface area contributed by atoms with E-state index in [1.165, 1.54) is 6.42 Å². The molecule has 2 heterocycles. The SMILES string of the molecule is COc1ccc(OC)c(NC(=O)c2cc(N3CCCC(C)C3)nc(C)n2)c1. The number of amides is 1. The summed E-state index contributed by atoms with van der Waals surface area (Å²) >= 11 is 0. The number of nitrogens with one attached hydrogen (secondary N) is 1. The van der Waals surface area contributed by atoms with Crippen molar-refractivity contribution in [2.24, 2.45) is 5.92 Å². The van der Waals surface area contributed by atoms with Crippen molar-refractivity contribution in [3.8, 4) is 11.5 Å². The van der Waals surface area contributed by atoms with Crippen LogP contribution in [0.1, 0.15) is 36.1 Å². The van der Waals surface area contributed by atoms with Gasteiger partial charge in [0.1, 0.15) is 28.8 Å². The van der Waals surface area contributed by atoms with Crippen LogP contribution in [0.2, 0.25) is 0 Å². The minimum atomic E-state index is -0.307. The molecule has 0 bridgehead atoms. The van der Waals surface area contributed by atoms with Gasteiger partial charge in [0.05, 0.1) is 19.9 Å². The molecule has 7 heteroatoms. The number of anilines is 2. The van der Waals surface area contributed by atoms with Gasteiger partial charge in [-0.3, -0.25) is 4.79 Å². The molecular formula is C20H26N4O3. The number of aromatic nitrogens is 2. The zero-order valence-corrected chi connectivity index (χ0v) is 16.3. The van der Waals surface area contributed by atoms with E-state index in [9.17, 15) is 4.79 Å². The van der Waals surface area contributed by atoms with Gasteiger partial charge in [-0.2, -0.15) is 0 Å². The van der Waals surface area contributed by atoms with Crippen LogP contribution in [-0.4, -0.2) is 43.2 Å². The predicted octanol–water partition coefficient (Wildman–Crippen LogP) is 3.29. The van der Waals surface area contributed by atoms with Gasteiger partial charge in [-0.05, 0) is 37.8 Å². The summed E-state index contributed by atoms with van der Waals surface area (Å²) in [5.41, 5.74) is 0.867.